The Balaban J connectivity index is 1.25. The van der Waals surface area contributed by atoms with Crippen LogP contribution in [-0.2, 0) is 19.5 Å². The van der Waals surface area contributed by atoms with Crippen molar-refractivity contribution in [3.05, 3.63) is 65.2 Å². The fourth-order valence-electron chi connectivity index (χ4n) is 3.78. The molecular formula is C22H28N2O2. The molecule has 138 valence electrons. The third-order valence-electron chi connectivity index (χ3n) is 5.37. The molecule has 2 heterocycles. The molecule has 0 aromatic heterocycles. The van der Waals surface area contributed by atoms with Crippen LogP contribution in [0.2, 0.25) is 0 Å². The van der Waals surface area contributed by atoms with Gasteiger partial charge in [-0.15, -0.1) is 0 Å². The zero-order valence-corrected chi connectivity index (χ0v) is 15.3. The fourth-order valence-corrected chi connectivity index (χ4v) is 3.78. The molecule has 4 heteroatoms. The summed E-state index contributed by atoms with van der Waals surface area (Å²) in [5.74, 6) is 0.853. The molecule has 2 aliphatic heterocycles. The second-order valence-corrected chi connectivity index (χ2v) is 7.50. The first-order valence-corrected chi connectivity index (χ1v) is 9.67. The minimum absolute atomic E-state index is 0.339. The Labute approximate surface area is 156 Å². The number of benzene rings is 2. The first-order valence-electron chi connectivity index (χ1n) is 9.67. The van der Waals surface area contributed by atoms with Gasteiger partial charge in [0.1, 0.15) is 18.5 Å². The molecule has 0 saturated carbocycles. The Kier molecular flexibility index (Phi) is 5.54. The van der Waals surface area contributed by atoms with Gasteiger partial charge in [0.15, 0.2) is 0 Å². The highest BCUT2D eigenvalue weighted by Gasteiger charge is 2.19. The number of aliphatic hydroxyl groups excluding tert-OH is 1. The molecule has 1 saturated heterocycles. The van der Waals surface area contributed by atoms with Gasteiger partial charge >= 0.3 is 0 Å². The molecule has 0 unspecified atom stereocenters. The number of nitrogens with zero attached hydrogens (tertiary/aromatic N) is 2. The SMILES string of the molecule is O[C@H](COc1cccc(CN2CCC2)c1)CN1CCc2ccccc2C1. The minimum atomic E-state index is -0.473. The molecular weight excluding hydrogens is 324 g/mol. The molecule has 2 aromatic carbocycles. The van der Waals surface area contributed by atoms with Crippen LogP contribution in [0.1, 0.15) is 23.1 Å². The van der Waals surface area contributed by atoms with Gasteiger partial charge < -0.3 is 9.84 Å². The Hall–Kier alpha value is -1.88. The lowest BCUT2D eigenvalue weighted by Gasteiger charge is -2.31. The summed E-state index contributed by atoms with van der Waals surface area (Å²) in [6.07, 6.45) is 1.89. The Morgan fingerprint density at radius 1 is 0.962 bits per heavy atom. The average molecular weight is 352 g/mol. The number of rotatable bonds is 7. The van der Waals surface area contributed by atoms with Crippen molar-refractivity contribution in [1.82, 2.24) is 9.80 Å². The van der Waals surface area contributed by atoms with Crippen LogP contribution >= 0.6 is 0 Å². The summed E-state index contributed by atoms with van der Waals surface area (Å²) >= 11 is 0. The molecule has 4 rings (SSSR count). The number of aliphatic hydroxyl groups is 1. The number of hydrogen-bond acceptors (Lipinski definition) is 4. The predicted octanol–water partition coefficient (Wildman–Crippen LogP) is 2.69. The molecule has 1 fully saturated rings. The lowest BCUT2D eigenvalue weighted by atomic mass is 10.00. The highest BCUT2D eigenvalue weighted by molar-refractivity contribution is 5.29. The topological polar surface area (TPSA) is 35.9 Å². The van der Waals surface area contributed by atoms with Crippen molar-refractivity contribution in [2.24, 2.45) is 0 Å². The van der Waals surface area contributed by atoms with E-state index >= 15 is 0 Å². The predicted molar refractivity (Wildman–Crippen MR) is 103 cm³/mol. The standard InChI is InChI=1S/C22H28N2O2/c25-21(16-24-12-9-19-6-1-2-7-20(19)15-24)17-26-22-8-3-5-18(13-22)14-23-10-4-11-23/h1-3,5-8,13,21,25H,4,9-12,14-17H2/t21-/m0/s1. The van der Waals surface area contributed by atoms with Crippen LogP contribution in [0.15, 0.2) is 48.5 Å². The van der Waals surface area contributed by atoms with Gasteiger partial charge in [0, 0.05) is 26.2 Å². The molecule has 0 amide bonds. The third-order valence-corrected chi connectivity index (χ3v) is 5.37. The second-order valence-electron chi connectivity index (χ2n) is 7.50. The van der Waals surface area contributed by atoms with Crippen molar-refractivity contribution in [2.45, 2.75) is 32.0 Å². The molecule has 1 N–H and O–H groups in total. The number of hydrogen-bond donors (Lipinski definition) is 1. The molecule has 0 radical (unpaired) electrons. The summed E-state index contributed by atoms with van der Waals surface area (Å²) in [7, 11) is 0. The number of fused-ring (bicyclic) bond motifs is 1. The molecule has 1 atom stereocenters. The molecule has 0 aliphatic carbocycles. The molecule has 26 heavy (non-hydrogen) atoms. The maximum Gasteiger partial charge on any atom is 0.119 e. The van der Waals surface area contributed by atoms with Gasteiger partial charge in [0.25, 0.3) is 0 Å². The lowest BCUT2D eigenvalue weighted by Crippen LogP contribution is -2.38. The summed E-state index contributed by atoms with van der Waals surface area (Å²) in [5, 5.41) is 10.4. The Morgan fingerprint density at radius 3 is 2.62 bits per heavy atom. The maximum absolute atomic E-state index is 10.4. The Bertz CT molecular complexity index is 730. The van der Waals surface area contributed by atoms with Crippen molar-refractivity contribution < 1.29 is 9.84 Å². The van der Waals surface area contributed by atoms with E-state index in [1.165, 1.54) is 36.2 Å². The maximum atomic E-state index is 10.4. The first-order chi connectivity index (χ1) is 12.8. The van der Waals surface area contributed by atoms with Crippen molar-refractivity contribution >= 4 is 0 Å². The van der Waals surface area contributed by atoms with Crippen LogP contribution in [0.5, 0.6) is 5.75 Å². The summed E-state index contributed by atoms with van der Waals surface area (Å²) < 4.78 is 5.86. The van der Waals surface area contributed by atoms with E-state index in [1.54, 1.807) is 0 Å². The summed E-state index contributed by atoms with van der Waals surface area (Å²) in [6.45, 7) is 6.30. The first kappa shape index (κ1) is 17.5. The summed E-state index contributed by atoms with van der Waals surface area (Å²) in [4.78, 5) is 4.75. The van der Waals surface area contributed by atoms with Crippen LogP contribution in [0.3, 0.4) is 0 Å². The molecule has 2 aromatic rings. The Morgan fingerprint density at radius 2 is 1.81 bits per heavy atom. The van der Waals surface area contributed by atoms with E-state index in [9.17, 15) is 5.11 Å². The second kappa shape index (κ2) is 8.21. The quantitative estimate of drug-likeness (QED) is 0.831. The van der Waals surface area contributed by atoms with Crippen LogP contribution < -0.4 is 4.74 Å². The van der Waals surface area contributed by atoms with E-state index in [2.05, 4.69) is 46.2 Å². The van der Waals surface area contributed by atoms with E-state index in [0.717, 1.165) is 31.8 Å². The van der Waals surface area contributed by atoms with Crippen LogP contribution in [0, 0.1) is 0 Å². The molecule has 0 bridgehead atoms. The molecule has 4 nitrogen and oxygen atoms in total. The smallest absolute Gasteiger partial charge is 0.119 e. The lowest BCUT2D eigenvalue weighted by molar-refractivity contribution is 0.0637. The van der Waals surface area contributed by atoms with Gasteiger partial charge in [-0.05, 0) is 54.8 Å². The molecule has 0 spiro atoms. The zero-order valence-electron chi connectivity index (χ0n) is 15.3. The average Bonchev–Trinajstić information content (AvgIpc) is 2.63. The highest BCUT2D eigenvalue weighted by atomic mass is 16.5. The van der Waals surface area contributed by atoms with E-state index in [1.807, 2.05) is 12.1 Å². The summed E-state index contributed by atoms with van der Waals surface area (Å²) in [6, 6.07) is 16.9. The van der Waals surface area contributed by atoms with Gasteiger partial charge in [-0.1, -0.05) is 36.4 Å². The van der Waals surface area contributed by atoms with Gasteiger partial charge in [-0.2, -0.15) is 0 Å². The minimum Gasteiger partial charge on any atom is -0.491 e. The fraction of sp³-hybridized carbons (Fsp3) is 0.455. The largest absolute Gasteiger partial charge is 0.491 e. The van der Waals surface area contributed by atoms with Crippen molar-refractivity contribution in [2.75, 3.05) is 32.8 Å². The van der Waals surface area contributed by atoms with E-state index in [-0.39, 0.29) is 0 Å². The van der Waals surface area contributed by atoms with Crippen molar-refractivity contribution in [3.63, 3.8) is 0 Å². The highest BCUT2D eigenvalue weighted by Crippen LogP contribution is 2.20. The monoisotopic (exact) mass is 352 g/mol. The van der Waals surface area contributed by atoms with Crippen molar-refractivity contribution in [3.8, 4) is 5.75 Å². The molecule has 2 aliphatic rings. The zero-order chi connectivity index (χ0) is 17.8. The van der Waals surface area contributed by atoms with Crippen LogP contribution in [0.25, 0.3) is 0 Å². The van der Waals surface area contributed by atoms with Crippen LogP contribution in [-0.4, -0.2) is 53.8 Å². The van der Waals surface area contributed by atoms with Gasteiger partial charge in [0.05, 0.1) is 0 Å². The van der Waals surface area contributed by atoms with Crippen LogP contribution in [0.4, 0.5) is 0 Å². The third kappa shape index (κ3) is 4.44. The van der Waals surface area contributed by atoms with Gasteiger partial charge in [-0.25, -0.2) is 0 Å². The summed E-state index contributed by atoms with van der Waals surface area (Å²) in [5.41, 5.74) is 4.10. The van der Waals surface area contributed by atoms with E-state index in [0.29, 0.717) is 13.2 Å². The normalized spacial score (nSPS) is 18.8. The number of likely N-dealkylation sites (tertiary alicyclic amines) is 1. The van der Waals surface area contributed by atoms with Crippen molar-refractivity contribution in [1.29, 1.82) is 0 Å². The van der Waals surface area contributed by atoms with Gasteiger partial charge in [-0.3, -0.25) is 9.80 Å². The van der Waals surface area contributed by atoms with E-state index < -0.39 is 6.10 Å². The number of ether oxygens (including phenoxy) is 1. The van der Waals surface area contributed by atoms with E-state index in [4.69, 9.17) is 4.74 Å². The number of β-amino-alcohol motifs (C(OH)–C–C–N with tert-alkyl or cyclic N) is 1. The van der Waals surface area contributed by atoms with Gasteiger partial charge in [0.2, 0.25) is 0 Å².